The lowest BCUT2D eigenvalue weighted by Gasteiger charge is -2.15. The Kier molecular flexibility index (Phi) is 3.98. The number of benzene rings is 1. The van der Waals surface area contributed by atoms with Crippen molar-refractivity contribution < 1.29 is 19.0 Å². The predicted octanol–water partition coefficient (Wildman–Crippen LogP) is 3.48. The summed E-state index contributed by atoms with van der Waals surface area (Å²) < 4.78 is 20.5. The van der Waals surface area contributed by atoms with E-state index in [9.17, 15) is 14.3 Å². The van der Waals surface area contributed by atoms with E-state index in [-0.39, 0.29) is 17.6 Å². The van der Waals surface area contributed by atoms with E-state index in [1.807, 2.05) is 13.0 Å². The van der Waals surface area contributed by atoms with Gasteiger partial charge >= 0.3 is 5.97 Å². The van der Waals surface area contributed by atoms with Crippen LogP contribution in [-0.2, 0) is 11.3 Å². The number of ether oxygens (including phenoxy) is 1. The highest BCUT2D eigenvalue weighted by atomic mass is 19.1. The van der Waals surface area contributed by atoms with E-state index in [0.717, 1.165) is 25.1 Å². The Morgan fingerprint density at radius 3 is 2.73 bits per heavy atom. The van der Waals surface area contributed by atoms with Gasteiger partial charge in [0, 0.05) is 24.4 Å². The van der Waals surface area contributed by atoms with Crippen molar-refractivity contribution in [2.75, 3.05) is 6.61 Å². The van der Waals surface area contributed by atoms with Gasteiger partial charge in [0.2, 0.25) is 0 Å². The molecule has 1 atom stereocenters. The van der Waals surface area contributed by atoms with Gasteiger partial charge in [0.15, 0.2) is 0 Å². The van der Waals surface area contributed by atoms with Gasteiger partial charge < -0.3 is 14.4 Å². The highest BCUT2D eigenvalue weighted by Gasteiger charge is 2.24. The molecule has 1 N–H and O–H groups in total. The van der Waals surface area contributed by atoms with E-state index in [4.69, 9.17) is 4.74 Å². The molecule has 1 unspecified atom stereocenters. The fraction of sp³-hybridized carbons (Fsp3) is 0.353. The van der Waals surface area contributed by atoms with E-state index >= 15 is 0 Å². The van der Waals surface area contributed by atoms with Crippen LogP contribution in [0.25, 0.3) is 11.1 Å². The van der Waals surface area contributed by atoms with Gasteiger partial charge in [-0.15, -0.1) is 0 Å². The molecule has 22 heavy (non-hydrogen) atoms. The summed E-state index contributed by atoms with van der Waals surface area (Å²) in [6, 6.07) is 7.73. The Balaban J connectivity index is 2.03. The average molecular weight is 303 g/mol. The van der Waals surface area contributed by atoms with E-state index in [2.05, 4.69) is 0 Å². The van der Waals surface area contributed by atoms with Gasteiger partial charge in [-0.05, 0) is 43.5 Å². The summed E-state index contributed by atoms with van der Waals surface area (Å²) in [5, 5.41) is 9.61. The lowest BCUT2D eigenvalue weighted by molar-refractivity contribution is 0.0671. The van der Waals surface area contributed by atoms with Crippen LogP contribution in [0.3, 0.4) is 0 Å². The average Bonchev–Trinajstić information content (AvgIpc) is 3.09. The number of aromatic nitrogens is 1. The van der Waals surface area contributed by atoms with Crippen molar-refractivity contribution in [3.63, 3.8) is 0 Å². The molecule has 4 nitrogen and oxygen atoms in total. The van der Waals surface area contributed by atoms with Crippen LogP contribution in [0, 0.1) is 12.7 Å². The number of rotatable bonds is 4. The van der Waals surface area contributed by atoms with Crippen LogP contribution in [0.5, 0.6) is 0 Å². The summed E-state index contributed by atoms with van der Waals surface area (Å²) in [4.78, 5) is 11.7. The van der Waals surface area contributed by atoms with Crippen LogP contribution >= 0.6 is 0 Å². The molecular formula is C17H18FNO3. The van der Waals surface area contributed by atoms with Crippen molar-refractivity contribution in [3.05, 3.63) is 47.5 Å². The zero-order valence-electron chi connectivity index (χ0n) is 12.4. The molecular weight excluding hydrogens is 285 g/mol. The van der Waals surface area contributed by atoms with Gasteiger partial charge in [-0.2, -0.15) is 0 Å². The zero-order chi connectivity index (χ0) is 15.7. The predicted molar refractivity (Wildman–Crippen MR) is 80.5 cm³/mol. The molecule has 0 bridgehead atoms. The maximum atomic E-state index is 13.1. The number of nitrogens with zero attached hydrogens (tertiary/aromatic N) is 1. The molecule has 2 heterocycles. The topological polar surface area (TPSA) is 51.5 Å². The molecule has 0 spiro atoms. The third kappa shape index (κ3) is 2.76. The smallest absolute Gasteiger partial charge is 0.353 e. The van der Waals surface area contributed by atoms with Crippen LogP contribution in [0.15, 0.2) is 30.3 Å². The Morgan fingerprint density at radius 2 is 2.14 bits per heavy atom. The van der Waals surface area contributed by atoms with Crippen molar-refractivity contribution in [2.45, 2.75) is 32.4 Å². The summed E-state index contributed by atoms with van der Waals surface area (Å²) in [7, 11) is 0. The fourth-order valence-corrected chi connectivity index (χ4v) is 2.98. The molecule has 1 aliphatic heterocycles. The molecule has 2 aromatic rings. The summed E-state index contributed by atoms with van der Waals surface area (Å²) >= 11 is 0. The number of halogens is 1. The monoisotopic (exact) mass is 303 g/mol. The lowest BCUT2D eigenvalue weighted by Crippen LogP contribution is -2.20. The first-order valence-corrected chi connectivity index (χ1v) is 7.37. The number of carboxylic acids is 1. The van der Waals surface area contributed by atoms with Crippen LogP contribution in [0.2, 0.25) is 0 Å². The van der Waals surface area contributed by atoms with E-state index < -0.39 is 5.97 Å². The van der Waals surface area contributed by atoms with E-state index in [1.54, 1.807) is 16.7 Å². The van der Waals surface area contributed by atoms with Gasteiger partial charge in [0.1, 0.15) is 11.5 Å². The number of hydrogen-bond acceptors (Lipinski definition) is 2. The first-order chi connectivity index (χ1) is 10.6. The van der Waals surface area contributed by atoms with Crippen LogP contribution in [0.1, 0.15) is 29.0 Å². The second-order valence-electron chi connectivity index (χ2n) is 5.61. The summed E-state index contributed by atoms with van der Waals surface area (Å²) in [5.74, 6) is -1.32. The molecule has 3 rings (SSSR count). The first kappa shape index (κ1) is 14.8. The lowest BCUT2D eigenvalue weighted by atomic mass is 10.1. The summed E-state index contributed by atoms with van der Waals surface area (Å²) in [6.45, 7) is 3.15. The highest BCUT2D eigenvalue weighted by Crippen LogP contribution is 2.29. The van der Waals surface area contributed by atoms with Crippen LogP contribution < -0.4 is 0 Å². The number of aryl methyl sites for hydroxylation is 1. The highest BCUT2D eigenvalue weighted by molar-refractivity contribution is 5.95. The van der Waals surface area contributed by atoms with E-state index in [0.29, 0.717) is 17.7 Å². The minimum atomic E-state index is -0.981. The van der Waals surface area contributed by atoms with Gasteiger partial charge in [-0.1, -0.05) is 12.1 Å². The SMILES string of the molecule is Cc1cc(-c2ccc(F)cc2)c(C(=O)O)n1CC1CCCO1. The second kappa shape index (κ2) is 5.93. The molecule has 5 heteroatoms. The molecule has 116 valence electrons. The van der Waals surface area contributed by atoms with Crippen molar-refractivity contribution in [1.82, 2.24) is 4.57 Å². The first-order valence-electron chi connectivity index (χ1n) is 7.37. The Morgan fingerprint density at radius 1 is 1.41 bits per heavy atom. The molecule has 0 radical (unpaired) electrons. The van der Waals surface area contributed by atoms with Crippen molar-refractivity contribution in [2.24, 2.45) is 0 Å². The third-order valence-electron chi connectivity index (χ3n) is 4.07. The molecule has 0 amide bonds. The summed E-state index contributed by atoms with van der Waals surface area (Å²) in [6.07, 6.45) is 2.02. The third-order valence-corrected chi connectivity index (χ3v) is 4.07. The van der Waals surface area contributed by atoms with Crippen LogP contribution in [0.4, 0.5) is 4.39 Å². The fourth-order valence-electron chi connectivity index (χ4n) is 2.98. The van der Waals surface area contributed by atoms with Gasteiger partial charge in [0.25, 0.3) is 0 Å². The molecule has 1 aromatic heterocycles. The second-order valence-corrected chi connectivity index (χ2v) is 5.61. The van der Waals surface area contributed by atoms with E-state index in [1.165, 1.54) is 12.1 Å². The molecule has 1 fully saturated rings. The number of carbonyl (C=O) groups is 1. The molecule has 0 aliphatic carbocycles. The van der Waals surface area contributed by atoms with Gasteiger partial charge in [-0.3, -0.25) is 0 Å². The minimum absolute atomic E-state index is 0.0604. The van der Waals surface area contributed by atoms with Crippen molar-refractivity contribution >= 4 is 5.97 Å². The quantitative estimate of drug-likeness (QED) is 0.940. The maximum Gasteiger partial charge on any atom is 0.353 e. The standard InChI is InChI=1S/C17H18FNO3/c1-11-9-15(12-4-6-13(18)7-5-12)16(17(20)21)19(11)10-14-3-2-8-22-14/h4-7,9,14H,2-3,8,10H2,1H3,(H,20,21). The van der Waals surface area contributed by atoms with Crippen LogP contribution in [-0.4, -0.2) is 28.4 Å². The van der Waals surface area contributed by atoms with Crippen molar-refractivity contribution in [3.8, 4) is 11.1 Å². The Bertz CT molecular complexity index is 685. The Labute approximate surface area is 128 Å². The molecule has 1 aliphatic rings. The summed E-state index contributed by atoms with van der Waals surface area (Å²) in [5.41, 5.74) is 2.42. The number of carboxylic acid groups (broad SMARTS) is 1. The number of aromatic carboxylic acids is 1. The normalized spacial score (nSPS) is 17.8. The maximum absolute atomic E-state index is 13.1. The number of hydrogen-bond donors (Lipinski definition) is 1. The molecule has 1 saturated heterocycles. The van der Waals surface area contributed by atoms with Gasteiger partial charge in [-0.25, -0.2) is 9.18 Å². The van der Waals surface area contributed by atoms with Gasteiger partial charge in [0.05, 0.1) is 6.10 Å². The van der Waals surface area contributed by atoms with Crippen molar-refractivity contribution in [1.29, 1.82) is 0 Å². The Hall–Kier alpha value is -2.14. The zero-order valence-corrected chi connectivity index (χ0v) is 12.4. The molecule has 0 saturated carbocycles. The largest absolute Gasteiger partial charge is 0.477 e. The minimum Gasteiger partial charge on any atom is -0.477 e. The molecule has 1 aromatic carbocycles.